The van der Waals surface area contributed by atoms with Gasteiger partial charge in [-0.05, 0) is 30.0 Å². The fraction of sp³-hybridized carbons (Fsp3) is 0.263. The Morgan fingerprint density at radius 1 is 1.21 bits per heavy atom. The number of benzene rings is 2. The van der Waals surface area contributed by atoms with Crippen LogP contribution < -0.4 is 5.32 Å². The summed E-state index contributed by atoms with van der Waals surface area (Å²) in [5, 5.41) is 25.0. The SMILES string of the molecule is O=[N+]([O-])c1ccccc1/C=C/CNCC1(O)CCc2ccccc21. The van der Waals surface area contributed by atoms with Gasteiger partial charge in [-0.25, -0.2) is 0 Å². The minimum absolute atomic E-state index is 0.0945. The molecule has 2 aromatic rings. The molecule has 1 unspecified atom stereocenters. The Labute approximate surface area is 140 Å². The first-order chi connectivity index (χ1) is 11.6. The minimum atomic E-state index is -0.830. The van der Waals surface area contributed by atoms with E-state index in [2.05, 4.69) is 11.4 Å². The normalized spacial score (nSPS) is 19.5. The molecule has 0 bridgehead atoms. The van der Waals surface area contributed by atoms with Gasteiger partial charge in [0.2, 0.25) is 0 Å². The van der Waals surface area contributed by atoms with Crippen LogP contribution in [0.25, 0.3) is 6.08 Å². The van der Waals surface area contributed by atoms with Gasteiger partial charge in [-0.1, -0.05) is 48.6 Å². The van der Waals surface area contributed by atoms with Crippen molar-refractivity contribution in [1.82, 2.24) is 5.32 Å². The molecule has 1 aliphatic rings. The van der Waals surface area contributed by atoms with Gasteiger partial charge in [0.05, 0.1) is 10.5 Å². The maximum atomic E-state index is 11.0. The van der Waals surface area contributed by atoms with Crippen LogP contribution in [-0.4, -0.2) is 23.1 Å². The largest absolute Gasteiger partial charge is 0.384 e. The van der Waals surface area contributed by atoms with E-state index >= 15 is 0 Å². The van der Waals surface area contributed by atoms with E-state index in [0.717, 1.165) is 12.0 Å². The average molecular weight is 324 g/mol. The molecule has 0 fully saturated rings. The predicted octanol–water partition coefficient (Wildman–Crippen LogP) is 3.03. The molecule has 0 aromatic heterocycles. The molecule has 0 spiro atoms. The van der Waals surface area contributed by atoms with E-state index in [0.29, 0.717) is 25.1 Å². The molecule has 124 valence electrons. The Balaban J connectivity index is 1.58. The van der Waals surface area contributed by atoms with E-state index in [9.17, 15) is 15.2 Å². The monoisotopic (exact) mass is 324 g/mol. The summed E-state index contributed by atoms with van der Waals surface area (Å²) in [4.78, 5) is 10.6. The Kier molecular flexibility index (Phi) is 4.74. The van der Waals surface area contributed by atoms with E-state index in [4.69, 9.17) is 0 Å². The van der Waals surface area contributed by atoms with Gasteiger partial charge in [-0.15, -0.1) is 0 Å². The summed E-state index contributed by atoms with van der Waals surface area (Å²) in [6, 6.07) is 14.6. The molecule has 0 saturated heterocycles. The highest BCUT2D eigenvalue weighted by molar-refractivity contribution is 5.60. The zero-order valence-electron chi connectivity index (χ0n) is 13.3. The molecule has 0 amide bonds. The van der Waals surface area contributed by atoms with Crippen molar-refractivity contribution in [3.63, 3.8) is 0 Å². The second kappa shape index (κ2) is 6.95. The van der Waals surface area contributed by atoms with Crippen molar-refractivity contribution in [2.75, 3.05) is 13.1 Å². The van der Waals surface area contributed by atoms with Crippen LogP contribution in [-0.2, 0) is 12.0 Å². The highest BCUT2D eigenvalue weighted by Crippen LogP contribution is 2.36. The lowest BCUT2D eigenvalue weighted by molar-refractivity contribution is -0.385. The number of aryl methyl sites for hydroxylation is 1. The van der Waals surface area contributed by atoms with Crippen LogP contribution in [0.15, 0.2) is 54.6 Å². The van der Waals surface area contributed by atoms with Crippen molar-refractivity contribution in [2.24, 2.45) is 0 Å². The fourth-order valence-corrected chi connectivity index (χ4v) is 3.19. The Hall–Kier alpha value is -2.50. The quantitative estimate of drug-likeness (QED) is 0.486. The maximum Gasteiger partial charge on any atom is 0.276 e. The molecular weight excluding hydrogens is 304 g/mol. The van der Waals surface area contributed by atoms with Crippen molar-refractivity contribution in [3.8, 4) is 0 Å². The summed E-state index contributed by atoms with van der Waals surface area (Å²) in [6.45, 7) is 1.00. The zero-order valence-corrected chi connectivity index (χ0v) is 13.3. The molecule has 1 atom stereocenters. The molecule has 0 aliphatic heterocycles. The number of nitro groups is 1. The molecule has 0 saturated carbocycles. The average Bonchev–Trinajstić information content (AvgIpc) is 2.93. The van der Waals surface area contributed by atoms with Crippen LogP contribution in [0, 0.1) is 10.1 Å². The lowest BCUT2D eigenvalue weighted by Gasteiger charge is -2.24. The molecule has 0 radical (unpaired) electrons. The number of nitro benzene ring substituents is 1. The van der Waals surface area contributed by atoms with Gasteiger partial charge in [0.1, 0.15) is 5.60 Å². The molecule has 5 heteroatoms. The van der Waals surface area contributed by atoms with Crippen LogP contribution >= 0.6 is 0 Å². The number of hydrogen-bond acceptors (Lipinski definition) is 4. The van der Waals surface area contributed by atoms with Gasteiger partial charge in [-0.2, -0.15) is 0 Å². The van der Waals surface area contributed by atoms with E-state index in [1.165, 1.54) is 11.6 Å². The van der Waals surface area contributed by atoms with Crippen molar-refractivity contribution < 1.29 is 10.0 Å². The topological polar surface area (TPSA) is 75.4 Å². The van der Waals surface area contributed by atoms with E-state index < -0.39 is 5.60 Å². The van der Waals surface area contributed by atoms with E-state index in [1.807, 2.05) is 24.3 Å². The van der Waals surface area contributed by atoms with Crippen LogP contribution in [0.5, 0.6) is 0 Å². The molecule has 1 aliphatic carbocycles. The summed E-state index contributed by atoms with van der Waals surface area (Å²) in [5.41, 5.74) is 2.05. The lowest BCUT2D eigenvalue weighted by atomic mass is 9.96. The predicted molar refractivity (Wildman–Crippen MR) is 93.7 cm³/mol. The number of hydrogen-bond donors (Lipinski definition) is 2. The summed E-state index contributed by atoms with van der Waals surface area (Å²) < 4.78 is 0. The molecular formula is C19H20N2O3. The zero-order chi connectivity index (χ0) is 17.0. The third kappa shape index (κ3) is 3.37. The Bertz CT molecular complexity index is 773. The molecule has 5 nitrogen and oxygen atoms in total. The van der Waals surface area contributed by atoms with Crippen LogP contribution in [0.4, 0.5) is 5.69 Å². The highest BCUT2D eigenvalue weighted by atomic mass is 16.6. The molecule has 2 N–H and O–H groups in total. The van der Waals surface area contributed by atoms with Gasteiger partial charge in [-0.3, -0.25) is 10.1 Å². The molecule has 24 heavy (non-hydrogen) atoms. The maximum absolute atomic E-state index is 11.0. The van der Waals surface area contributed by atoms with Gasteiger partial charge in [0.25, 0.3) is 5.69 Å². The van der Waals surface area contributed by atoms with Crippen molar-refractivity contribution in [3.05, 3.63) is 81.4 Å². The number of nitrogens with zero attached hydrogens (tertiary/aromatic N) is 1. The lowest BCUT2D eigenvalue weighted by Crippen LogP contribution is -2.36. The van der Waals surface area contributed by atoms with Crippen LogP contribution in [0.1, 0.15) is 23.1 Å². The van der Waals surface area contributed by atoms with Crippen LogP contribution in [0.2, 0.25) is 0 Å². The van der Waals surface area contributed by atoms with Crippen molar-refractivity contribution in [2.45, 2.75) is 18.4 Å². The second-order valence-electron chi connectivity index (χ2n) is 6.04. The van der Waals surface area contributed by atoms with Gasteiger partial charge in [0, 0.05) is 19.2 Å². The van der Waals surface area contributed by atoms with Crippen molar-refractivity contribution >= 4 is 11.8 Å². The molecule has 2 aromatic carbocycles. The summed E-state index contributed by atoms with van der Waals surface area (Å²) in [7, 11) is 0. The number of aliphatic hydroxyl groups is 1. The molecule has 3 rings (SSSR count). The summed E-state index contributed by atoms with van der Waals surface area (Å²) in [6.07, 6.45) is 5.18. The van der Waals surface area contributed by atoms with Gasteiger partial charge in [0.15, 0.2) is 0 Å². The van der Waals surface area contributed by atoms with Gasteiger partial charge < -0.3 is 10.4 Å². The number of nitrogens with one attached hydrogen (secondary N) is 1. The van der Waals surface area contributed by atoms with E-state index in [-0.39, 0.29) is 10.6 Å². The number of rotatable bonds is 6. The highest BCUT2D eigenvalue weighted by Gasteiger charge is 2.35. The van der Waals surface area contributed by atoms with E-state index in [1.54, 1.807) is 24.3 Å². The third-order valence-corrected chi connectivity index (χ3v) is 4.44. The Morgan fingerprint density at radius 3 is 2.79 bits per heavy atom. The first-order valence-corrected chi connectivity index (χ1v) is 8.02. The van der Waals surface area contributed by atoms with Crippen LogP contribution in [0.3, 0.4) is 0 Å². The Morgan fingerprint density at radius 2 is 1.96 bits per heavy atom. The number of fused-ring (bicyclic) bond motifs is 1. The third-order valence-electron chi connectivity index (χ3n) is 4.44. The first kappa shape index (κ1) is 16.4. The second-order valence-corrected chi connectivity index (χ2v) is 6.04. The first-order valence-electron chi connectivity index (χ1n) is 8.02. The standard InChI is InChI=1S/C19H20N2O3/c22-19(12-11-15-6-1-3-9-17(15)19)14-20-13-5-8-16-7-2-4-10-18(16)21(23)24/h1-10,20,22H,11-14H2/b8-5+. The fourth-order valence-electron chi connectivity index (χ4n) is 3.19. The van der Waals surface area contributed by atoms with Gasteiger partial charge >= 0.3 is 0 Å². The summed E-state index contributed by atoms with van der Waals surface area (Å²) in [5.74, 6) is 0. The smallest absolute Gasteiger partial charge is 0.276 e. The molecule has 0 heterocycles. The van der Waals surface area contributed by atoms with Crippen molar-refractivity contribution in [1.29, 1.82) is 0 Å². The summed E-state index contributed by atoms with van der Waals surface area (Å²) >= 11 is 0. The minimum Gasteiger partial charge on any atom is -0.384 e. The number of para-hydroxylation sites is 1.